The second kappa shape index (κ2) is 10.1. The summed E-state index contributed by atoms with van der Waals surface area (Å²) in [5, 5.41) is 3.07. The van der Waals surface area contributed by atoms with Crippen molar-refractivity contribution in [3.63, 3.8) is 0 Å². The molecule has 3 rings (SSSR count). The average molecular weight is 486 g/mol. The largest absolute Gasteiger partial charge is 0.332 e. The number of amides is 2. The lowest BCUT2D eigenvalue weighted by Gasteiger charge is -2.17. The van der Waals surface area contributed by atoms with Crippen LogP contribution < -0.4 is 10.0 Å². The first-order valence-electron chi connectivity index (χ1n) is 10.1. The second-order valence-electron chi connectivity index (χ2n) is 7.64. The zero-order chi connectivity index (χ0) is 24.2. The normalized spacial score (nSPS) is 11.0. The molecule has 0 saturated heterocycles. The molecule has 0 fully saturated rings. The summed E-state index contributed by atoms with van der Waals surface area (Å²) in [6, 6.07) is 18.0. The van der Waals surface area contributed by atoms with Crippen LogP contribution in [0.1, 0.15) is 21.5 Å². The van der Waals surface area contributed by atoms with Gasteiger partial charge in [-0.2, -0.15) is 0 Å². The van der Waals surface area contributed by atoms with Crippen LogP contribution in [0.15, 0.2) is 71.6 Å². The van der Waals surface area contributed by atoms with Gasteiger partial charge in [-0.25, -0.2) is 8.42 Å². The molecule has 0 radical (unpaired) electrons. The summed E-state index contributed by atoms with van der Waals surface area (Å²) in [4.78, 5) is 26.4. The third-order valence-corrected chi connectivity index (χ3v) is 6.75. The van der Waals surface area contributed by atoms with E-state index < -0.39 is 15.9 Å². The molecular formula is C24H24ClN3O4S. The van der Waals surface area contributed by atoms with E-state index in [0.29, 0.717) is 27.5 Å². The van der Waals surface area contributed by atoms with Gasteiger partial charge in [0.05, 0.1) is 22.2 Å². The molecule has 0 bridgehead atoms. The lowest BCUT2D eigenvalue weighted by atomic mass is 10.2. The number of likely N-dealkylation sites (N-methyl/N-ethyl adjacent to an activating group) is 1. The van der Waals surface area contributed by atoms with Gasteiger partial charge in [0.15, 0.2) is 0 Å². The van der Waals surface area contributed by atoms with Gasteiger partial charge in [-0.05, 0) is 67.4 Å². The Morgan fingerprint density at radius 3 is 2.30 bits per heavy atom. The van der Waals surface area contributed by atoms with E-state index in [-0.39, 0.29) is 17.3 Å². The number of hydrogen-bond donors (Lipinski definition) is 2. The number of anilines is 2. The highest BCUT2D eigenvalue weighted by Gasteiger charge is 2.19. The molecule has 0 spiro atoms. The number of benzene rings is 3. The van der Waals surface area contributed by atoms with Gasteiger partial charge in [0.1, 0.15) is 0 Å². The summed E-state index contributed by atoms with van der Waals surface area (Å²) < 4.78 is 28.0. The number of aryl methyl sites for hydroxylation is 2. The fraction of sp³-hybridized carbons (Fsp3) is 0.167. The van der Waals surface area contributed by atoms with Gasteiger partial charge in [-0.1, -0.05) is 35.9 Å². The first kappa shape index (κ1) is 24.3. The Labute approximate surface area is 198 Å². The molecule has 0 heterocycles. The molecule has 0 aromatic heterocycles. The number of sulfonamides is 1. The Balaban J connectivity index is 1.65. The van der Waals surface area contributed by atoms with E-state index in [1.54, 1.807) is 43.3 Å². The zero-order valence-electron chi connectivity index (χ0n) is 18.4. The molecule has 3 aromatic rings. The Kier molecular flexibility index (Phi) is 7.40. The van der Waals surface area contributed by atoms with Gasteiger partial charge in [-0.3, -0.25) is 14.3 Å². The number of hydrogen-bond acceptors (Lipinski definition) is 4. The van der Waals surface area contributed by atoms with Gasteiger partial charge in [-0.15, -0.1) is 0 Å². The third-order valence-electron chi connectivity index (χ3n) is 4.89. The number of para-hydroxylation sites is 1. The second-order valence-corrected chi connectivity index (χ2v) is 9.70. The Morgan fingerprint density at radius 1 is 0.970 bits per heavy atom. The van der Waals surface area contributed by atoms with Gasteiger partial charge < -0.3 is 10.2 Å². The smallest absolute Gasteiger partial charge is 0.262 e. The lowest BCUT2D eigenvalue weighted by Crippen LogP contribution is -2.35. The minimum atomic E-state index is -3.77. The van der Waals surface area contributed by atoms with Crippen LogP contribution in [0.3, 0.4) is 0 Å². The fourth-order valence-electron chi connectivity index (χ4n) is 3.15. The standard InChI is InChI=1S/C24H24ClN3O4S/c1-16-8-9-17(2)22(14-16)33(31,32)27-19-12-10-18(11-13-19)24(30)28(3)15-23(29)26-21-7-5-4-6-20(21)25/h4-14,27H,15H2,1-3H3,(H,26,29). The van der Waals surface area contributed by atoms with Crippen LogP contribution in [-0.2, 0) is 14.8 Å². The summed E-state index contributed by atoms with van der Waals surface area (Å²) in [6.07, 6.45) is 0. The number of rotatable bonds is 7. The van der Waals surface area contributed by atoms with Crippen molar-refractivity contribution >= 4 is 44.8 Å². The molecule has 0 unspecified atom stereocenters. The quantitative estimate of drug-likeness (QED) is 0.516. The summed E-state index contributed by atoms with van der Waals surface area (Å²) >= 11 is 6.04. The van der Waals surface area contributed by atoms with Crippen molar-refractivity contribution < 1.29 is 18.0 Å². The Hall–Kier alpha value is -3.36. The third kappa shape index (κ3) is 6.12. The summed E-state index contributed by atoms with van der Waals surface area (Å²) in [7, 11) is -2.27. The van der Waals surface area contributed by atoms with E-state index >= 15 is 0 Å². The molecule has 2 N–H and O–H groups in total. The van der Waals surface area contributed by atoms with Crippen LogP contribution in [0.2, 0.25) is 5.02 Å². The van der Waals surface area contributed by atoms with Crippen molar-refractivity contribution in [3.8, 4) is 0 Å². The van der Waals surface area contributed by atoms with Crippen LogP contribution >= 0.6 is 11.6 Å². The van der Waals surface area contributed by atoms with Crippen molar-refractivity contribution in [2.45, 2.75) is 18.7 Å². The number of carbonyl (C=O) groups is 2. The summed E-state index contributed by atoms with van der Waals surface area (Å²) in [5.41, 5.74) is 2.58. The maximum atomic E-state index is 12.8. The van der Waals surface area contributed by atoms with Crippen LogP contribution in [0.25, 0.3) is 0 Å². The number of nitrogens with one attached hydrogen (secondary N) is 2. The Bertz CT molecular complexity index is 1290. The molecule has 9 heteroatoms. The highest BCUT2D eigenvalue weighted by Crippen LogP contribution is 2.22. The first-order valence-corrected chi connectivity index (χ1v) is 11.9. The van der Waals surface area contributed by atoms with E-state index in [4.69, 9.17) is 11.6 Å². The van der Waals surface area contributed by atoms with Crippen molar-refractivity contribution in [2.24, 2.45) is 0 Å². The fourth-order valence-corrected chi connectivity index (χ4v) is 4.72. The van der Waals surface area contributed by atoms with Crippen LogP contribution in [0.5, 0.6) is 0 Å². The highest BCUT2D eigenvalue weighted by atomic mass is 35.5. The monoisotopic (exact) mass is 485 g/mol. The molecule has 7 nitrogen and oxygen atoms in total. The average Bonchev–Trinajstić information content (AvgIpc) is 2.76. The molecule has 3 aromatic carbocycles. The van der Waals surface area contributed by atoms with Crippen molar-refractivity contribution in [2.75, 3.05) is 23.6 Å². The van der Waals surface area contributed by atoms with E-state index in [9.17, 15) is 18.0 Å². The number of carbonyl (C=O) groups excluding carboxylic acids is 2. The predicted molar refractivity (Wildman–Crippen MR) is 130 cm³/mol. The SMILES string of the molecule is Cc1ccc(C)c(S(=O)(=O)Nc2ccc(C(=O)N(C)CC(=O)Nc3ccccc3Cl)cc2)c1. The van der Waals surface area contributed by atoms with Crippen LogP contribution in [0.4, 0.5) is 11.4 Å². The lowest BCUT2D eigenvalue weighted by molar-refractivity contribution is -0.116. The number of nitrogens with zero attached hydrogens (tertiary/aromatic N) is 1. The molecule has 0 atom stereocenters. The predicted octanol–water partition coefficient (Wildman–Crippen LogP) is 4.47. The van der Waals surface area contributed by atoms with Gasteiger partial charge in [0.2, 0.25) is 5.91 Å². The molecule has 0 saturated carbocycles. The van der Waals surface area contributed by atoms with E-state index in [1.165, 1.54) is 36.2 Å². The molecule has 0 aliphatic heterocycles. The zero-order valence-corrected chi connectivity index (χ0v) is 20.0. The van der Waals surface area contributed by atoms with Crippen molar-refractivity contribution in [1.29, 1.82) is 0 Å². The van der Waals surface area contributed by atoms with Crippen LogP contribution in [0, 0.1) is 13.8 Å². The molecule has 0 aliphatic carbocycles. The molecule has 2 amide bonds. The van der Waals surface area contributed by atoms with Gasteiger partial charge in [0.25, 0.3) is 15.9 Å². The maximum Gasteiger partial charge on any atom is 0.262 e. The number of halogens is 1. The van der Waals surface area contributed by atoms with Crippen molar-refractivity contribution in [1.82, 2.24) is 4.90 Å². The molecule has 172 valence electrons. The van der Waals surface area contributed by atoms with Crippen molar-refractivity contribution in [3.05, 3.63) is 88.4 Å². The van der Waals surface area contributed by atoms with E-state index in [2.05, 4.69) is 10.0 Å². The summed E-state index contributed by atoms with van der Waals surface area (Å²) in [6.45, 7) is 3.38. The van der Waals surface area contributed by atoms with Crippen LogP contribution in [-0.4, -0.2) is 38.7 Å². The minimum absolute atomic E-state index is 0.176. The van der Waals surface area contributed by atoms with E-state index in [1.807, 2.05) is 13.0 Å². The van der Waals surface area contributed by atoms with Gasteiger partial charge >= 0.3 is 0 Å². The first-order chi connectivity index (χ1) is 15.6. The summed E-state index contributed by atoms with van der Waals surface area (Å²) in [5.74, 6) is -0.773. The Morgan fingerprint density at radius 2 is 1.64 bits per heavy atom. The van der Waals surface area contributed by atoms with Gasteiger partial charge in [0, 0.05) is 18.3 Å². The highest BCUT2D eigenvalue weighted by molar-refractivity contribution is 7.92. The molecule has 0 aliphatic rings. The topological polar surface area (TPSA) is 95.6 Å². The van der Waals surface area contributed by atoms with E-state index in [0.717, 1.165) is 5.56 Å². The minimum Gasteiger partial charge on any atom is -0.332 e. The molecule has 33 heavy (non-hydrogen) atoms. The maximum absolute atomic E-state index is 12.8. The molecular weight excluding hydrogens is 462 g/mol.